The lowest BCUT2D eigenvalue weighted by molar-refractivity contribution is 0.203. The Morgan fingerprint density at radius 1 is 0.500 bits per heavy atom. The van der Waals surface area contributed by atoms with E-state index in [0.717, 1.165) is 47.8 Å². The van der Waals surface area contributed by atoms with Crippen molar-refractivity contribution in [2.75, 3.05) is 0 Å². The van der Waals surface area contributed by atoms with Crippen LogP contribution >= 0.6 is 0 Å². The topological polar surface area (TPSA) is 0 Å². The molecule has 7 unspecified atom stereocenters. The summed E-state index contributed by atoms with van der Waals surface area (Å²) in [6, 6.07) is 0. The fourth-order valence-corrected chi connectivity index (χ4v) is 9.43. The van der Waals surface area contributed by atoms with Crippen molar-refractivity contribution in [3.8, 4) is 0 Å². The standard InChI is InChI=1S/C52H100/c1-12-19-21-22-25-33-44(8)41-42-52(46(10)16-5)47(11)35-28-29-39-50(18-7)51(40-24-20-13-2)43-45(9)34-30-38-49(32-15-4)37-27-23-26-36-48(17-6)31-14-3/h15,20,24,44-49,52H,4,12-14,16-19,21-23,25-43H2,1-3,5-11H3. The normalized spacial score (nSPS) is 16.7. The number of hydrogen-bond acceptors (Lipinski definition) is 0. The molecule has 52 heavy (non-hydrogen) atoms. The first kappa shape index (κ1) is 51.2. The number of allylic oxidation sites excluding steroid dienone is 5. The molecular formula is C52H100. The molecule has 0 spiro atoms. The lowest BCUT2D eigenvalue weighted by atomic mass is 9.75. The summed E-state index contributed by atoms with van der Waals surface area (Å²) in [5, 5.41) is 0. The van der Waals surface area contributed by atoms with Crippen molar-refractivity contribution in [2.45, 2.75) is 255 Å². The zero-order chi connectivity index (χ0) is 38.8. The molecule has 0 aliphatic carbocycles. The predicted molar refractivity (Wildman–Crippen MR) is 241 cm³/mol. The fraction of sp³-hybridized carbons (Fsp3) is 0.885. The number of hydrogen-bond donors (Lipinski definition) is 0. The van der Waals surface area contributed by atoms with E-state index in [9.17, 15) is 0 Å². The van der Waals surface area contributed by atoms with E-state index in [1.54, 1.807) is 11.1 Å². The molecule has 0 amide bonds. The highest BCUT2D eigenvalue weighted by atomic mass is 14.3. The van der Waals surface area contributed by atoms with Crippen molar-refractivity contribution in [2.24, 2.45) is 41.4 Å². The van der Waals surface area contributed by atoms with Gasteiger partial charge in [0.05, 0.1) is 0 Å². The minimum atomic E-state index is 0.788. The fourth-order valence-electron chi connectivity index (χ4n) is 9.43. The Bertz CT molecular complexity index is 829. The van der Waals surface area contributed by atoms with Crippen LogP contribution in [-0.4, -0.2) is 0 Å². The quantitative estimate of drug-likeness (QED) is 0.0439. The van der Waals surface area contributed by atoms with Gasteiger partial charge in [-0.05, 0) is 92.8 Å². The largest absolute Gasteiger partial charge is 0.103 e. The maximum Gasteiger partial charge on any atom is -0.0136 e. The SMILES string of the molecule is C=CCC(CCCCCC(CC)CCC)CCCC(C)CC(CC=CCC)=C(CC)CCCCC(C)C(CCC(C)CCCCCCC)C(C)CC. The minimum absolute atomic E-state index is 0.788. The molecule has 7 atom stereocenters. The van der Waals surface area contributed by atoms with Crippen LogP contribution in [0.2, 0.25) is 0 Å². The van der Waals surface area contributed by atoms with Crippen LogP contribution in [0.15, 0.2) is 36.0 Å². The zero-order valence-electron chi connectivity index (χ0n) is 38.0. The minimum Gasteiger partial charge on any atom is -0.103 e. The molecule has 0 saturated heterocycles. The summed E-state index contributed by atoms with van der Waals surface area (Å²) in [6.45, 7) is 28.5. The maximum absolute atomic E-state index is 4.12. The first-order valence-corrected chi connectivity index (χ1v) is 24.2. The Balaban J connectivity index is 5.00. The molecule has 0 aromatic carbocycles. The van der Waals surface area contributed by atoms with Crippen LogP contribution in [0.1, 0.15) is 255 Å². The molecule has 0 fully saturated rings. The Morgan fingerprint density at radius 3 is 1.77 bits per heavy atom. The average molecular weight is 725 g/mol. The summed E-state index contributed by atoms with van der Waals surface area (Å²) >= 11 is 0. The number of rotatable bonds is 38. The summed E-state index contributed by atoms with van der Waals surface area (Å²) in [6.07, 6.45) is 46.9. The smallest absolute Gasteiger partial charge is 0.0136 e. The summed E-state index contributed by atoms with van der Waals surface area (Å²) in [5.74, 6) is 6.12. The Morgan fingerprint density at radius 2 is 1.13 bits per heavy atom. The summed E-state index contributed by atoms with van der Waals surface area (Å²) in [7, 11) is 0. The van der Waals surface area contributed by atoms with E-state index in [1.807, 2.05) is 0 Å². The van der Waals surface area contributed by atoms with Crippen LogP contribution in [0.4, 0.5) is 0 Å². The molecule has 0 aromatic rings. The van der Waals surface area contributed by atoms with Gasteiger partial charge in [0.2, 0.25) is 0 Å². The van der Waals surface area contributed by atoms with Crippen LogP contribution in [-0.2, 0) is 0 Å². The highest BCUT2D eigenvalue weighted by molar-refractivity contribution is 5.18. The van der Waals surface area contributed by atoms with E-state index in [1.165, 1.54) is 180 Å². The Kier molecular flexibility index (Phi) is 35.4. The van der Waals surface area contributed by atoms with Gasteiger partial charge in [0, 0.05) is 0 Å². The molecule has 0 saturated carbocycles. The van der Waals surface area contributed by atoms with Gasteiger partial charge in [0.1, 0.15) is 0 Å². The van der Waals surface area contributed by atoms with E-state index in [2.05, 4.69) is 94.0 Å². The molecule has 0 nitrogen and oxygen atoms in total. The summed E-state index contributed by atoms with van der Waals surface area (Å²) in [5.41, 5.74) is 3.57. The van der Waals surface area contributed by atoms with Crippen molar-refractivity contribution in [1.29, 1.82) is 0 Å². The van der Waals surface area contributed by atoms with Gasteiger partial charge in [-0.3, -0.25) is 0 Å². The van der Waals surface area contributed by atoms with Crippen molar-refractivity contribution in [3.63, 3.8) is 0 Å². The van der Waals surface area contributed by atoms with Gasteiger partial charge in [0.25, 0.3) is 0 Å². The van der Waals surface area contributed by atoms with Gasteiger partial charge in [-0.25, -0.2) is 0 Å². The Hall–Kier alpha value is -0.780. The van der Waals surface area contributed by atoms with Crippen LogP contribution < -0.4 is 0 Å². The highest BCUT2D eigenvalue weighted by Gasteiger charge is 2.23. The lowest BCUT2D eigenvalue weighted by Crippen LogP contribution is -2.20. The summed E-state index contributed by atoms with van der Waals surface area (Å²) < 4.78 is 0. The van der Waals surface area contributed by atoms with Crippen LogP contribution in [0.3, 0.4) is 0 Å². The van der Waals surface area contributed by atoms with Gasteiger partial charge in [-0.2, -0.15) is 0 Å². The molecule has 0 rings (SSSR count). The third kappa shape index (κ3) is 26.9. The van der Waals surface area contributed by atoms with E-state index >= 15 is 0 Å². The molecule has 0 aromatic heterocycles. The van der Waals surface area contributed by atoms with Crippen LogP contribution in [0.25, 0.3) is 0 Å². The van der Waals surface area contributed by atoms with Crippen LogP contribution in [0, 0.1) is 41.4 Å². The third-order valence-corrected chi connectivity index (χ3v) is 13.4. The lowest BCUT2D eigenvalue weighted by Gasteiger charge is -2.30. The average Bonchev–Trinajstić information content (AvgIpc) is 3.13. The first-order chi connectivity index (χ1) is 25.2. The molecular weight excluding hydrogens is 625 g/mol. The molecule has 0 aliphatic heterocycles. The Labute approximate surface area is 331 Å². The van der Waals surface area contributed by atoms with Crippen molar-refractivity contribution < 1.29 is 0 Å². The van der Waals surface area contributed by atoms with Crippen molar-refractivity contribution in [3.05, 3.63) is 36.0 Å². The van der Waals surface area contributed by atoms with Crippen molar-refractivity contribution in [1.82, 2.24) is 0 Å². The molecule has 0 heteroatoms. The molecule has 0 N–H and O–H groups in total. The van der Waals surface area contributed by atoms with Gasteiger partial charge in [-0.15, -0.1) is 6.58 Å². The molecule has 0 heterocycles. The highest BCUT2D eigenvalue weighted by Crippen LogP contribution is 2.35. The van der Waals surface area contributed by atoms with Gasteiger partial charge < -0.3 is 0 Å². The first-order valence-electron chi connectivity index (χ1n) is 24.2. The van der Waals surface area contributed by atoms with Crippen LogP contribution in [0.5, 0.6) is 0 Å². The summed E-state index contributed by atoms with van der Waals surface area (Å²) in [4.78, 5) is 0. The van der Waals surface area contributed by atoms with Gasteiger partial charge in [-0.1, -0.05) is 233 Å². The predicted octanol–water partition coefficient (Wildman–Crippen LogP) is 18.9. The second-order valence-corrected chi connectivity index (χ2v) is 18.1. The van der Waals surface area contributed by atoms with E-state index < -0.39 is 0 Å². The van der Waals surface area contributed by atoms with E-state index in [-0.39, 0.29) is 0 Å². The number of unbranched alkanes of at least 4 members (excludes halogenated alkanes) is 7. The van der Waals surface area contributed by atoms with Gasteiger partial charge in [0.15, 0.2) is 0 Å². The molecule has 0 aliphatic rings. The second-order valence-electron chi connectivity index (χ2n) is 18.1. The molecule has 0 radical (unpaired) electrons. The molecule has 308 valence electrons. The van der Waals surface area contributed by atoms with Gasteiger partial charge >= 0.3 is 0 Å². The maximum atomic E-state index is 4.12. The van der Waals surface area contributed by atoms with Crippen molar-refractivity contribution >= 4 is 0 Å². The van der Waals surface area contributed by atoms with E-state index in [4.69, 9.17) is 0 Å². The van der Waals surface area contributed by atoms with E-state index in [0.29, 0.717) is 0 Å². The zero-order valence-corrected chi connectivity index (χ0v) is 38.0. The third-order valence-electron chi connectivity index (χ3n) is 13.4. The second kappa shape index (κ2) is 35.9. The monoisotopic (exact) mass is 725 g/mol. The molecule has 0 bridgehead atoms.